The van der Waals surface area contributed by atoms with E-state index in [2.05, 4.69) is 38.5 Å². The van der Waals surface area contributed by atoms with Crippen molar-refractivity contribution >= 4 is 64.1 Å². The fourth-order valence-corrected chi connectivity index (χ4v) is 4.91. The maximum atomic E-state index is 13.5. The molecule has 14 heteroatoms. The van der Waals surface area contributed by atoms with Crippen molar-refractivity contribution < 1.29 is 34.2 Å². The first-order chi connectivity index (χ1) is 20.6. The van der Waals surface area contributed by atoms with E-state index in [1.807, 2.05) is 36.4 Å². The minimum absolute atomic E-state index is 0.00427. The smallest absolute Gasteiger partial charge is 0.326 e. The van der Waals surface area contributed by atoms with Crippen LogP contribution >= 0.6 is 12.6 Å². The molecule has 0 aliphatic carbocycles. The van der Waals surface area contributed by atoms with E-state index in [9.17, 15) is 34.2 Å². The Morgan fingerprint density at radius 2 is 1.19 bits per heavy atom. The molecule has 0 aliphatic rings. The predicted octanol–water partition coefficient (Wildman–Crippen LogP) is 0.705. The van der Waals surface area contributed by atoms with E-state index in [4.69, 9.17) is 5.73 Å². The number of aromatic amines is 2. The van der Waals surface area contributed by atoms with Gasteiger partial charge in [0, 0.05) is 52.8 Å². The molecule has 4 aromatic rings. The zero-order chi connectivity index (χ0) is 31.1. The Balaban J connectivity index is 1.54. The standard InChI is InChI=1S/C29H32N6O7S/c30-19(14-43)26(38)33-22(9-15-12-31-20-7-3-1-5-17(15)20)27(39)34-23(11-25(36)37)28(40)35-24(29(41)42)10-16-13-32-21-8-4-2-6-18(16)21/h1-8,12-13,19,22-24,31-32,43H,9-11,14,30H2,(H,33,38)(H,34,39)(H,35,40)(H,36,37)(H,41,42). The number of carbonyl (C=O) groups excluding carboxylic acids is 3. The first-order valence-electron chi connectivity index (χ1n) is 13.4. The van der Waals surface area contributed by atoms with Gasteiger partial charge in [-0.15, -0.1) is 0 Å². The second-order valence-electron chi connectivity index (χ2n) is 10.0. The van der Waals surface area contributed by atoms with Crippen molar-refractivity contribution in [3.05, 3.63) is 72.1 Å². The van der Waals surface area contributed by atoms with Crippen molar-refractivity contribution in [3.8, 4) is 0 Å². The minimum Gasteiger partial charge on any atom is -0.481 e. The van der Waals surface area contributed by atoms with Gasteiger partial charge in [0.25, 0.3) is 0 Å². The average Bonchev–Trinajstić information content (AvgIpc) is 3.59. The number of rotatable bonds is 14. The number of aliphatic carboxylic acids is 2. The highest BCUT2D eigenvalue weighted by molar-refractivity contribution is 7.80. The summed E-state index contributed by atoms with van der Waals surface area (Å²) in [5.74, 6) is -5.27. The summed E-state index contributed by atoms with van der Waals surface area (Å²) in [5, 5.41) is 28.2. The number of nitrogens with two attached hydrogens (primary N) is 1. The van der Waals surface area contributed by atoms with Crippen molar-refractivity contribution in [3.63, 3.8) is 0 Å². The Hall–Kier alpha value is -4.82. The van der Waals surface area contributed by atoms with Crippen LogP contribution in [0.2, 0.25) is 0 Å². The third-order valence-electron chi connectivity index (χ3n) is 6.99. The molecular formula is C29H32N6O7S. The quantitative estimate of drug-likeness (QED) is 0.0926. The number of hydrogen-bond acceptors (Lipinski definition) is 7. The van der Waals surface area contributed by atoms with E-state index >= 15 is 0 Å². The Morgan fingerprint density at radius 3 is 1.70 bits per heavy atom. The summed E-state index contributed by atoms with van der Waals surface area (Å²) in [6.07, 6.45) is 2.37. The molecule has 0 bridgehead atoms. The van der Waals surface area contributed by atoms with Gasteiger partial charge in [0.05, 0.1) is 12.5 Å². The summed E-state index contributed by atoms with van der Waals surface area (Å²) < 4.78 is 0. The van der Waals surface area contributed by atoms with E-state index in [-0.39, 0.29) is 18.6 Å². The van der Waals surface area contributed by atoms with Crippen molar-refractivity contribution in [2.75, 3.05) is 5.75 Å². The summed E-state index contributed by atoms with van der Waals surface area (Å²) in [5.41, 5.74) is 8.68. The Morgan fingerprint density at radius 1 is 0.721 bits per heavy atom. The minimum atomic E-state index is -1.64. The summed E-state index contributed by atoms with van der Waals surface area (Å²) in [7, 11) is 0. The first-order valence-corrected chi connectivity index (χ1v) is 14.0. The van der Waals surface area contributed by atoms with Gasteiger partial charge in [-0.1, -0.05) is 36.4 Å². The highest BCUT2D eigenvalue weighted by Gasteiger charge is 2.32. The van der Waals surface area contributed by atoms with Crippen molar-refractivity contribution in [2.24, 2.45) is 5.73 Å². The number of hydrogen-bond donors (Lipinski definition) is 9. The number of carbonyl (C=O) groups is 5. The topological polar surface area (TPSA) is 219 Å². The maximum absolute atomic E-state index is 13.5. The lowest BCUT2D eigenvalue weighted by molar-refractivity contribution is -0.143. The van der Waals surface area contributed by atoms with Crippen molar-refractivity contribution in [1.29, 1.82) is 0 Å². The number of thiol groups is 1. The molecular weight excluding hydrogens is 576 g/mol. The van der Waals surface area contributed by atoms with Crippen LogP contribution in [0.1, 0.15) is 17.5 Å². The van der Waals surface area contributed by atoms with Gasteiger partial charge < -0.3 is 41.9 Å². The Bertz CT molecular complexity index is 1650. The van der Waals surface area contributed by atoms with Gasteiger partial charge in [0.2, 0.25) is 17.7 Å². The first kappa shape index (κ1) is 31.1. The number of fused-ring (bicyclic) bond motifs is 2. The molecule has 0 saturated heterocycles. The van der Waals surface area contributed by atoms with Gasteiger partial charge in [0.15, 0.2) is 0 Å². The number of aromatic nitrogens is 2. The van der Waals surface area contributed by atoms with E-state index < -0.39 is 60.2 Å². The molecule has 4 atom stereocenters. The largest absolute Gasteiger partial charge is 0.481 e. The fourth-order valence-electron chi connectivity index (χ4n) is 4.74. The molecule has 226 valence electrons. The zero-order valence-electron chi connectivity index (χ0n) is 22.9. The fraction of sp³-hybridized carbons (Fsp3) is 0.276. The van der Waals surface area contributed by atoms with Gasteiger partial charge in [-0.05, 0) is 23.3 Å². The second kappa shape index (κ2) is 13.9. The van der Waals surface area contributed by atoms with E-state index in [1.54, 1.807) is 24.5 Å². The van der Waals surface area contributed by atoms with Crippen LogP contribution in [0.3, 0.4) is 0 Å². The number of para-hydroxylation sites is 2. The van der Waals surface area contributed by atoms with Gasteiger partial charge in [-0.25, -0.2) is 4.79 Å². The number of nitrogens with one attached hydrogen (secondary N) is 5. The van der Waals surface area contributed by atoms with Crippen LogP contribution in [0.25, 0.3) is 21.8 Å². The van der Waals surface area contributed by atoms with Crippen LogP contribution in [0.4, 0.5) is 0 Å². The molecule has 3 amide bonds. The molecule has 13 nitrogen and oxygen atoms in total. The zero-order valence-corrected chi connectivity index (χ0v) is 23.8. The molecule has 2 aromatic carbocycles. The van der Waals surface area contributed by atoms with Crippen LogP contribution in [0.15, 0.2) is 60.9 Å². The lowest BCUT2D eigenvalue weighted by Gasteiger charge is -2.24. The van der Waals surface area contributed by atoms with Crippen LogP contribution in [0, 0.1) is 0 Å². The maximum Gasteiger partial charge on any atom is 0.326 e. The lowest BCUT2D eigenvalue weighted by Crippen LogP contribution is -2.58. The monoisotopic (exact) mass is 608 g/mol. The molecule has 0 spiro atoms. The van der Waals surface area contributed by atoms with Crippen LogP contribution < -0.4 is 21.7 Å². The summed E-state index contributed by atoms with van der Waals surface area (Å²) >= 11 is 4.03. The number of carboxylic acid groups (broad SMARTS) is 2. The number of H-pyrrole nitrogens is 2. The van der Waals surface area contributed by atoms with Gasteiger partial charge >= 0.3 is 11.9 Å². The summed E-state index contributed by atoms with van der Waals surface area (Å²) in [6.45, 7) is 0. The molecule has 0 fully saturated rings. The summed E-state index contributed by atoms with van der Waals surface area (Å²) in [4.78, 5) is 69.2. The van der Waals surface area contributed by atoms with Crippen LogP contribution in [0.5, 0.6) is 0 Å². The SMILES string of the molecule is NC(CS)C(=O)NC(Cc1c[nH]c2ccccc12)C(=O)NC(CC(=O)O)C(=O)NC(Cc1c[nH]c2ccccc12)C(=O)O. The highest BCUT2D eigenvalue weighted by Crippen LogP contribution is 2.20. The van der Waals surface area contributed by atoms with E-state index in [0.717, 1.165) is 21.8 Å². The number of carboxylic acids is 2. The normalized spacial score (nSPS) is 14.0. The second-order valence-corrected chi connectivity index (χ2v) is 10.4. The van der Waals surface area contributed by atoms with Crippen molar-refractivity contribution in [2.45, 2.75) is 43.4 Å². The van der Waals surface area contributed by atoms with Gasteiger partial charge in [-0.3, -0.25) is 19.2 Å². The van der Waals surface area contributed by atoms with E-state index in [1.165, 1.54) is 0 Å². The van der Waals surface area contributed by atoms with Crippen LogP contribution in [-0.2, 0) is 36.8 Å². The Kier molecular flexibility index (Phi) is 10.1. The molecule has 2 heterocycles. The number of benzene rings is 2. The predicted molar refractivity (Wildman–Crippen MR) is 162 cm³/mol. The van der Waals surface area contributed by atoms with Gasteiger partial charge in [0.1, 0.15) is 18.1 Å². The molecule has 4 rings (SSSR count). The molecule has 0 saturated carbocycles. The molecule has 43 heavy (non-hydrogen) atoms. The molecule has 9 N–H and O–H groups in total. The molecule has 4 unspecified atom stereocenters. The van der Waals surface area contributed by atoms with Crippen LogP contribution in [-0.4, -0.2) is 79.8 Å². The third-order valence-corrected chi connectivity index (χ3v) is 7.38. The third kappa shape index (κ3) is 7.72. The molecule has 0 radical (unpaired) electrons. The lowest BCUT2D eigenvalue weighted by atomic mass is 10.0. The van der Waals surface area contributed by atoms with E-state index in [0.29, 0.717) is 11.1 Å². The van der Waals surface area contributed by atoms with Gasteiger partial charge in [-0.2, -0.15) is 12.6 Å². The Labute approximate surface area is 251 Å². The number of amides is 3. The molecule has 0 aliphatic heterocycles. The summed E-state index contributed by atoms with van der Waals surface area (Å²) in [6, 6.07) is 9.21. The molecule has 2 aromatic heterocycles. The van der Waals surface area contributed by atoms with Crippen molar-refractivity contribution in [1.82, 2.24) is 25.9 Å². The average molecular weight is 609 g/mol. The highest BCUT2D eigenvalue weighted by atomic mass is 32.1.